The number of hydrogen-bond donors (Lipinski definition) is 0. The summed E-state index contributed by atoms with van der Waals surface area (Å²) in [4.78, 5) is 12.8. The second-order valence-electron chi connectivity index (χ2n) is 3.95. The van der Waals surface area contributed by atoms with Gasteiger partial charge in [-0.2, -0.15) is 0 Å². The average molecular weight is 237 g/mol. The molecule has 0 heterocycles. The van der Waals surface area contributed by atoms with E-state index in [-0.39, 0.29) is 0 Å². The number of benzene rings is 2. The number of aldehydes is 1. The van der Waals surface area contributed by atoms with Crippen LogP contribution >= 0.6 is 0 Å². The Kier molecular flexibility index (Phi) is 3.92. The predicted molar refractivity (Wildman–Crippen MR) is 75.3 cm³/mol. The quantitative estimate of drug-likeness (QED) is 0.600. The van der Waals surface area contributed by atoms with Crippen LogP contribution in [0.25, 0.3) is 5.70 Å². The van der Waals surface area contributed by atoms with Crippen LogP contribution in [-0.2, 0) is 4.79 Å². The SMILES string of the molecule is CN(/C(=C/C=O)c1ccccc1)c1ccccc1. The highest BCUT2D eigenvalue weighted by Crippen LogP contribution is 2.23. The van der Waals surface area contributed by atoms with Crippen molar-refractivity contribution >= 4 is 17.7 Å². The molecule has 2 heteroatoms. The van der Waals surface area contributed by atoms with E-state index in [1.165, 1.54) is 0 Å². The Labute approximate surface area is 107 Å². The van der Waals surface area contributed by atoms with Crippen LogP contribution in [0.3, 0.4) is 0 Å². The predicted octanol–water partition coefficient (Wildman–Crippen LogP) is 3.36. The van der Waals surface area contributed by atoms with Gasteiger partial charge in [0.05, 0.1) is 5.70 Å². The summed E-state index contributed by atoms with van der Waals surface area (Å²) in [6, 6.07) is 19.9. The number of allylic oxidation sites excluding steroid dienone is 1. The third kappa shape index (κ3) is 2.66. The summed E-state index contributed by atoms with van der Waals surface area (Å²) in [5.74, 6) is 0. The van der Waals surface area contributed by atoms with Crippen LogP contribution < -0.4 is 4.90 Å². The van der Waals surface area contributed by atoms with E-state index in [4.69, 9.17) is 0 Å². The maximum absolute atomic E-state index is 10.8. The summed E-state index contributed by atoms with van der Waals surface area (Å²) >= 11 is 0. The summed E-state index contributed by atoms with van der Waals surface area (Å²) in [5, 5.41) is 0. The van der Waals surface area contributed by atoms with E-state index in [0.717, 1.165) is 23.2 Å². The van der Waals surface area contributed by atoms with E-state index >= 15 is 0 Å². The van der Waals surface area contributed by atoms with Crippen molar-refractivity contribution in [1.29, 1.82) is 0 Å². The van der Waals surface area contributed by atoms with Crippen molar-refractivity contribution in [2.45, 2.75) is 0 Å². The molecule has 0 bridgehead atoms. The standard InChI is InChI=1S/C16H15NO/c1-17(15-10-6-3-7-11-15)16(12-13-18)14-8-4-2-5-9-14/h2-13H,1H3/b16-12+. The van der Waals surface area contributed by atoms with Crippen LogP contribution in [0.2, 0.25) is 0 Å². The molecular weight excluding hydrogens is 222 g/mol. The third-order valence-corrected chi connectivity index (χ3v) is 2.80. The first-order chi connectivity index (χ1) is 8.83. The Balaban J connectivity index is 2.38. The molecule has 0 spiro atoms. The van der Waals surface area contributed by atoms with E-state index in [0.29, 0.717) is 0 Å². The molecule has 0 aromatic heterocycles. The van der Waals surface area contributed by atoms with E-state index in [9.17, 15) is 4.79 Å². The number of carbonyl (C=O) groups is 1. The average Bonchev–Trinajstić information content (AvgIpc) is 2.46. The van der Waals surface area contributed by atoms with Gasteiger partial charge in [-0.15, -0.1) is 0 Å². The first-order valence-electron chi connectivity index (χ1n) is 5.82. The fraction of sp³-hybridized carbons (Fsp3) is 0.0625. The van der Waals surface area contributed by atoms with E-state index < -0.39 is 0 Å². The van der Waals surface area contributed by atoms with E-state index in [2.05, 4.69) is 0 Å². The highest BCUT2D eigenvalue weighted by molar-refractivity contribution is 5.88. The molecule has 2 rings (SSSR count). The first-order valence-corrected chi connectivity index (χ1v) is 5.82. The van der Waals surface area contributed by atoms with E-state index in [1.807, 2.05) is 72.6 Å². The Morgan fingerprint density at radius 2 is 1.50 bits per heavy atom. The minimum Gasteiger partial charge on any atom is -0.344 e. The van der Waals surface area contributed by atoms with Crippen LogP contribution in [0.5, 0.6) is 0 Å². The molecule has 0 radical (unpaired) electrons. The van der Waals surface area contributed by atoms with Crippen molar-refractivity contribution in [3.8, 4) is 0 Å². The molecule has 0 fully saturated rings. The Hall–Kier alpha value is -2.35. The maximum Gasteiger partial charge on any atom is 0.144 e. The fourth-order valence-corrected chi connectivity index (χ4v) is 1.87. The minimum absolute atomic E-state index is 0.821. The van der Waals surface area contributed by atoms with Gasteiger partial charge >= 0.3 is 0 Å². The van der Waals surface area contributed by atoms with Gasteiger partial charge in [0.1, 0.15) is 6.29 Å². The Morgan fingerprint density at radius 1 is 0.944 bits per heavy atom. The molecular formula is C16H15NO. The third-order valence-electron chi connectivity index (χ3n) is 2.80. The Bertz CT molecular complexity index is 532. The summed E-state index contributed by atoms with van der Waals surface area (Å²) in [6.45, 7) is 0. The molecule has 18 heavy (non-hydrogen) atoms. The van der Waals surface area contributed by atoms with Gasteiger partial charge in [0.25, 0.3) is 0 Å². The van der Waals surface area contributed by atoms with Crippen molar-refractivity contribution in [2.75, 3.05) is 11.9 Å². The molecule has 2 aromatic carbocycles. The first kappa shape index (κ1) is 12.1. The molecule has 0 amide bonds. The van der Waals surface area contributed by atoms with Crippen molar-refractivity contribution in [2.24, 2.45) is 0 Å². The molecule has 0 unspecified atom stereocenters. The second-order valence-corrected chi connectivity index (χ2v) is 3.95. The molecule has 0 saturated heterocycles. The van der Waals surface area contributed by atoms with Crippen molar-refractivity contribution < 1.29 is 4.79 Å². The van der Waals surface area contributed by atoms with Gasteiger partial charge < -0.3 is 4.90 Å². The number of rotatable bonds is 4. The monoisotopic (exact) mass is 237 g/mol. The molecule has 0 aliphatic heterocycles. The molecule has 0 N–H and O–H groups in total. The number of anilines is 1. The zero-order valence-corrected chi connectivity index (χ0v) is 10.3. The van der Waals surface area contributed by atoms with Gasteiger partial charge in [0, 0.05) is 18.8 Å². The molecule has 90 valence electrons. The minimum atomic E-state index is 0.821. The number of carbonyl (C=O) groups excluding carboxylic acids is 1. The lowest BCUT2D eigenvalue weighted by atomic mass is 10.1. The fourth-order valence-electron chi connectivity index (χ4n) is 1.87. The smallest absolute Gasteiger partial charge is 0.144 e. The highest BCUT2D eigenvalue weighted by Gasteiger charge is 2.08. The molecule has 0 atom stereocenters. The number of nitrogens with zero attached hydrogens (tertiary/aromatic N) is 1. The number of hydrogen-bond acceptors (Lipinski definition) is 2. The van der Waals surface area contributed by atoms with Crippen LogP contribution in [-0.4, -0.2) is 13.3 Å². The number of para-hydroxylation sites is 1. The van der Waals surface area contributed by atoms with Crippen molar-refractivity contribution in [3.63, 3.8) is 0 Å². The highest BCUT2D eigenvalue weighted by atomic mass is 16.1. The molecule has 2 aromatic rings. The van der Waals surface area contributed by atoms with Gasteiger partial charge in [-0.3, -0.25) is 4.79 Å². The van der Waals surface area contributed by atoms with Crippen LogP contribution in [0.4, 0.5) is 5.69 Å². The van der Waals surface area contributed by atoms with Crippen LogP contribution in [0.15, 0.2) is 66.7 Å². The van der Waals surface area contributed by atoms with Gasteiger partial charge in [-0.1, -0.05) is 48.5 Å². The molecule has 2 nitrogen and oxygen atoms in total. The largest absolute Gasteiger partial charge is 0.344 e. The molecule has 0 saturated carbocycles. The maximum atomic E-state index is 10.8. The Morgan fingerprint density at radius 3 is 2.06 bits per heavy atom. The van der Waals surface area contributed by atoms with Gasteiger partial charge in [-0.25, -0.2) is 0 Å². The topological polar surface area (TPSA) is 20.3 Å². The lowest BCUT2D eigenvalue weighted by molar-refractivity contribution is -0.104. The summed E-state index contributed by atoms with van der Waals surface area (Å²) in [5.41, 5.74) is 2.96. The summed E-state index contributed by atoms with van der Waals surface area (Å²) in [7, 11) is 1.96. The lowest BCUT2D eigenvalue weighted by Gasteiger charge is -2.22. The summed E-state index contributed by atoms with van der Waals surface area (Å²) < 4.78 is 0. The summed E-state index contributed by atoms with van der Waals surface area (Å²) in [6.07, 6.45) is 2.41. The van der Waals surface area contributed by atoms with Gasteiger partial charge in [0.15, 0.2) is 0 Å². The second kappa shape index (κ2) is 5.82. The van der Waals surface area contributed by atoms with Crippen LogP contribution in [0.1, 0.15) is 5.56 Å². The zero-order chi connectivity index (χ0) is 12.8. The molecule has 0 aliphatic rings. The van der Waals surface area contributed by atoms with Gasteiger partial charge in [-0.05, 0) is 17.7 Å². The zero-order valence-electron chi connectivity index (χ0n) is 10.3. The van der Waals surface area contributed by atoms with E-state index in [1.54, 1.807) is 6.08 Å². The van der Waals surface area contributed by atoms with Crippen molar-refractivity contribution in [1.82, 2.24) is 0 Å². The van der Waals surface area contributed by atoms with Crippen molar-refractivity contribution in [3.05, 3.63) is 72.3 Å². The normalized spacial score (nSPS) is 11.1. The van der Waals surface area contributed by atoms with Crippen LogP contribution in [0, 0.1) is 0 Å². The lowest BCUT2D eigenvalue weighted by Crippen LogP contribution is -2.15. The van der Waals surface area contributed by atoms with Gasteiger partial charge in [0.2, 0.25) is 0 Å². The molecule has 0 aliphatic carbocycles.